The molecule has 0 atom stereocenters. The lowest BCUT2D eigenvalue weighted by Gasteiger charge is -2.15. The highest BCUT2D eigenvalue weighted by molar-refractivity contribution is 7.11. The molecular weight excluding hydrogens is 174 g/mol. The maximum absolute atomic E-state index is 8.87. The van der Waals surface area contributed by atoms with Crippen LogP contribution in [0.5, 0.6) is 0 Å². The Labute approximate surface area is 75.0 Å². The fourth-order valence-electron chi connectivity index (χ4n) is 1.35. The molecule has 1 N–H and O–H groups in total. The molecule has 4 heteroatoms. The highest BCUT2D eigenvalue weighted by Gasteiger charge is 2.34. The molecule has 0 radical (unpaired) electrons. The van der Waals surface area contributed by atoms with Gasteiger partial charge in [0.1, 0.15) is 10.6 Å². The second-order valence-electron chi connectivity index (χ2n) is 3.34. The van der Waals surface area contributed by atoms with Crippen LogP contribution in [0.3, 0.4) is 0 Å². The maximum atomic E-state index is 8.87. The van der Waals surface area contributed by atoms with Gasteiger partial charge in [-0.05, 0) is 13.8 Å². The Morgan fingerprint density at radius 1 is 1.67 bits per heavy atom. The van der Waals surface area contributed by atoms with Crippen LogP contribution in [0.2, 0.25) is 0 Å². The van der Waals surface area contributed by atoms with Gasteiger partial charge in [0.05, 0.1) is 23.8 Å². The number of nitrogens with zero attached hydrogens (tertiary/aromatic N) is 1. The minimum absolute atomic E-state index is 0.0355. The van der Waals surface area contributed by atoms with E-state index in [1.807, 2.05) is 13.8 Å². The maximum Gasteiger partial charge on any atom is 0.119 e. The van der Waals surface area contributed by atoms with Crippen LogP contribution in [0.1, 0.15) is 29.4 Å². The molecule has 2 rings (SSSR count). The summed E-state index contributed by atoms with van der Waals surface area (Å²) in [7, 11) is 0. The number of aliphatic hydroxyl groups excluding tert-OH is 1. The van der Waals surface area contributed by atoms with Gasteiger partial charge in [0, 0.05) is 0 Å². The fraction of sp³-hybridized carbons (Fsp3) is 0.625. The van der Waals surface area contributed by atoms with E-state index in [1.165, 1.54) is 11.3 Å². The topological polar surface area (TPSA) is 42.4 Å². The molecule has 12 heavy (non-hydrogen) atoms. The normalized spacial score (nSPS) is 19.6. The van der Waals surface area contributed by atoms with Gasteiger partial charge >= 0.3 is 0 Å². The van der Waals surface area contributed by atoms with Gasteiger partial charge in [0.25, 0.3) is 0 Å². The SMILES string of the molecule is CC1(C)OCc2sc(CO)nc21. The number of hydrogen-bond acceptors (Lipinski definition) is 4. The molecule has 0 saturated heterocycles. The first-order valence-corrected chi connectivity index (χ1v) is 4.69. The van der Waals surface area contributed by atoms with Crippen LogP contribution in [-0.4, -0.2) is 10.1 Å². The summed E-state index contributed by atoms with van der Waals surface area (Å²) in [6.45, 7) is 4.67. The van der Waals surface area contributed by atoms with Gasteiger partial charge in [-0.15, -0.1) is 11.3 Å². The summed E-state index contributed by atoms with van der Waals surface area (Å²) in [6, 6.07) is 0. The average Bonchev–Trinajstić information content (AvgIpc) is 2.53. The summed E-state index contributed by atoms with van der Waals surface area (Å²) in [6.07, 6.45) is 0. The zero-order valence-electron chi connectivity index (χ0n) is 7.13. The molecule has 0 unspecified atom stereocenters. The first-order chi connectivity index (χ1) is 5.63. The number of aromatic nitrogens is 1. The van der Waals surface area contributed by atoms with Crippen LogP contribution < -0.4 is 0 Å². The van der Waals surface area contributed by atoms with Crippen molar-refractivity contribution in [2.24, 2.45) is 0 Å². The molecule has 1 aliphatic rings. The van der Waals surface area contributed by atoms with Gasteiger partial charge in [0.2, 0.25) is 0 Å². The summed E-state index contributed by atoms with van der Waals surface area (Å²) in [5, 5.41) is 9.66. The lowest BCUT2D eigenvalue weighted by atomic mass is 10.1. The van der Waals surface area contributed by atoms with Crippen molar-refractivity contribution in [3.63, 3.8) is 0 Å². The van der Waals surface area contributed by atoms with E-state index in [4.69, 9.17) is 9.84 Å². The van der Waals surface area contributed by atoms with E-state index in [0.717, 1.165) is 15.6 Å². The van der Waals surface area contributed by atoms with Gasteiger partial charge in [0.15, 0.2) is 0 Å². The molecule has 3 nitrogen and oxygen atoms in total. The van der Waals surface area contributed by atoms with Crippen LogP contribution in [0.15, 0.2) is 0 Å². The summed E-state index contributed by atoms with van der Waals surface area (Å²) in [5.74, 6) is 0. The van der Waals surface area contributed by atoms with Crippen molar-refractivity contribution in [1.29, 1.82) is 0 Å². The predicted octanol–water partition coefficient (Wildman–Crippen LogP) is 1.40. The summed E-state index contributed by atoms with van der Waals surface area (Å²) in [4.78, 5) is 5.46. The standard InChI is InChI=1S/C8H11NO2S/c1-8(2)7-5(4-11-8)12-6(3-10)9-7/h10H,3-4H2,1-2H3. The monoisotopic (exact) mass is 185 g/mol. The fourth-order valence-corrected chi connectivity index (χ4v) is 2.34. The zero-order chi connectivity index (χ0) is 8.77. The van der Waals surface area contributed by atoms with Crippen LogP contribution in [0, 0.1) is 0 Å². The van der Waals surface area contributed by atoms with Gasteiger partial charge in [-0.25, -0.2) is 4.98 Å². The van der Waals surface area contributed by atoms with Crippen LogP contribution >= 0.6 is 11.3 Å². The van der Waals surface area contributed by atoms with Gasteiger partial charge in [-0.1, -0.05) is 0 Å². The molecule has 1 aromatic heterocycles. The van der Waals surface area contributed by atoms with Crippen molar-refractivity contribution < 1.29 is 9.84 Å². The second kappa shape index (κ2) is 2.52. The van der Waals surface area contributed by atoms with Crippen molar-refractivity contribution in [2.75, 3.05) is 0 Å². The Morgan fingerprint density at radius 2 is 2.42 bits per heavy atom. The second-order valence-corrected chi connectivity index (χ2v) is 4.50. The van der Waals surface area contributed by atoms with Gasteiger partial charge in [-0.3, -0.25) is 0 Å². The number of hydrogen-bond donors (Lipinski definition) is 1. The third kappa shape index (κ3) is 1.07. The summed E-state index contributed by atoms with van der Waals surface area (Å²) < 4.78 is 5.52. The van der Waals surface area contributed by atoms with Crippen molar-refractivity contribution in [2.45, 2.75) is 32.7 Å². The van der Waals surface area contributed by atoms with Crippen molar-refractivity contribution in [3.8, 4) is 0 Å². The zero-order valence-corrected chi connectivity index (χ0v) is 7.94. The molecule has 2 heterocycles. The number of thiazole rings is 1. The van der Waals surface area contributed by atoms with E-state index in [-0.39, 0.29) is 12.2 Å². The van der Waals surface area contributed by atoms with Gasteiger partial charge < -0.3 is 9.84 Å². The smallest absolute Gasteiger partial charge is 0.119 e. The molecule has 0 amide bonds. The third-order valence-corrected chi connectivity index (χ3v) is 3.02. The Kier molecular flexibility index (Phi) is 1.71. The highest BCUT2D eigenvalue weighted by Crippen LogP contribution is 2.38. The Hall–Kier alpha value is -0.450. The number of aliphatic hydroxyl groups is 1. The number of rotatable bonds is 1. The molecule has 0 spiro atoms. The van der Waals surface area contributed by atoms with Crippen LogP contribution in [-0.2, 0) is 23.6 Å². The van der Waals surface area contributed by atoms with E-state index in [0.29, 0.717) is 6.61 Å². The number of ether oxygens (including phenoxy) is 1. The Morgan fingerprint density at radius 3 is 3.00 bits per heavy atom. The molecule has 1 aromatic rings. The third-order valence-electron chi connectivity index (χ3n) is 2.01. The molecule has 1 aliphatic heterocycles. The summed E-state index contributed by atoms with van der Waals surface area (Å²) >= 11 is 1.54. The van der Waals surface area contributed by atoms with Crippen molar-refractivity contribution in [1.82, 2.24) is 4.98 Å². The highest BCUT2D eigenvalue weighted by atomic mass is 32.1. The first kappa shape index (κ1) is 8.16. The lowest BCUT2D eigenvalue weighted by Crippen LogP contribution is -2.15. The molecule has 0 aromatic carbocycles. The molecule has 0 aliphatic carbocycles. The molecular formula is C8H11NO2S. The van der Waals surface area contributed by atoms with E-state index in [9.17, 15) is 0 Å². The molecule has 0 bridgehead atoms. The van der Waals surface area contributed by atoms with Gasteiger partial charge in [-0.2, -0.15) is 0 Å². The minimum Gasteiger partial charge on any atom is -0.389 e. The summed E-state index contributed by atoms with van der Waals surface area (Å²) in [5.41, 5.74) is 0.732. The first-order valence-electron chi connectivity index (χ1n) is 3.87. The van der Waals surface area contributed by atoms with E-state index >= 15 is 0 Å². The van der Waals surface area contributed by atoms with Crippen molar-refractivity contribution >= 4 is 11.3 Å². The van der Waals surface area contributed by atoms with E-state index in [1.54, 1.807) is 0 Å². The largest absolute Gasteiger partial charge is 0.389 e. The number of fused-ring (bicyclic) bond motifs is 1. The van der Waals surface area contributed by atoms with Crippen molar-refractivity contribution in [3.05, 3.63) is 15.6 Å². The predicted molar refractivity (Wildman–Crippen MR) is 45.9 cm³/mol. The van der Waals surface area contributed by atoms with Crippen LogP contribution in [0.25, 0.3) is 0 Å². The Balaban J connectivity index is 2.44. The minimum atomic E-state index is -0.265. The molecule has 0 saturated carbocycles. The lowest BCUT2D eigenvalue weighted by molar-refractivity contribution is -0.0101. The Bertz CT molecular complexity index is 306. The van der Waals surface area contributed by atoms with E-state index < -0.39 is 0 Å². The van der Waals surface area contributed by atoms with E-state index in [2.05, 4.69) is 4.98 Å². The van der Waals surface area contributed by atoms with Crippen LogP contribution in [0.4, 0.5) is 0 Å². The molecule has 0 fully saturated rings. The molecule has 66 valence electrons. The average molecular weight is 185 g/mol. The quantitative estimate of drug-likeness (QED) is 0.719.